The Kier molecular flexibility index (Phi) is 4.96. The van der Waals surface area contributed by atoms with Crippen LogP contribution in [0.15, 0.2) is 44.4 Å². The normalized spacial score (nSPS) is 11.4. The first-order valence-electron chi connectivity index (χ1n) is 5.07. The van der Waals surface area contributed by atoms with E-state index in [1.807, 2.05) is 0 Å². The molecule has 0 bridgehead atoms. The van der Waals surface area contributed by atoms with Crippen LogP contribution in [0, 0.1) is 0 Å². The summed E-state index contributed by atoms with van der Waals surface area (Å²) in [6, 6.07) is 4.52. The second kappa shape index (κ2) is 6.19. The third-order valence-corrected chi connectivity index (χ3v) is 5.04. The number of anilines is 1. The fraction of sp³-hybridized carbons (Fsp3) is 0. The Morgan fingerprint density at radius 3 is 2.15 bits per heavy atom. The van der Waals surface area contributed by atoms with Gasteiger partial charge in [0, 0.05) is 21.3 Å². The van der Waals surface area contributed by atoms with Crippen LogP contribution in [-0.4, -0.2) is 13.4 Å². The first kappa shape index (κ1) is 16.0. The summed E-state index contributed by atoms with van der Waals surface area (Å²) >= 11 is 18.4. The van der Waals surface area contributed by atoms with E-state index >= 15 is 0 Å². The number of sulfonamides is 1. The van der Waals surface area contributed by atoms with Gasteiger partial charge >= 0.3 is 0 Å². The molecule has 1 aromatic carbocycles. The average Bonchev–Trinajstić information content (AvgIpc) is 2.34. The van der Waals surface area contributed by atoms with Gasteiger partial charge in [0.2, 0.25) is 0 Å². The zero-order valence-electron chi connectivity index (χ0n) is 9.57. The lowest BCUT2D eigenvalue weighted by molar-refractivity contribution is 0.600. The number of nitrogens with one attached hydrogen (secondary N) is 1. The van der Waals surface area contributed by atoms with E-state index in [-0.39, 0.29) is 20.6 Å². The van der Waals surface area contributed by atoms with Gasteiger partial charge in [-0.25, -0.2) is 8.42 Å². The molecule has 2 aromatic rings. The maximum absolute atomic E-state index is 12.2. The van der Waals surface area contributed by atoms with E-state index < -0.39 is 10.0 Å². The van der Waals surface area contributed by atoms with E-state index in [1.54, 1.807) is 12.1 Å². The van der Waals surface area contributed by atoms with E-state index in [1.165, 1.54) is 18.5 Å². The van der Waals surface area contributed by atoms with Gasteiger partial charge in [-0.1, -0.05) is 39.1 Å². The first-order chi connectivity index (χ1) is 9.29. The molecular formula is C11H6Br2Cl2N2O2S. The molecular weight excluding hydrogens is 455 g/mol. The molecule has 0 fully saturated rings. The van der Waals surface area contributed by atoms with Gasteiger partial charge in [0.05, 0.1) is 15.7 Å². The summed E-state index contributed by atoms with van der Waals surface area (Å²) < 4.78 is 28.0. The number of hydrogen-bond donors (Lipinski definition) is 1. The van der Waals surface area contributed by atoms with Gasteiger partial charge in [0.15, 0.2) is 0 Å². The molecule has 0 saturated heterocycles. The van der Waals surface area contributed by atoms with Crippen molar-refractivity contribution < 1.29 is 8.42 Å². The molecule has 1 aromatic heterocycles. The second-order valence-corrected chi connectivity index (χ2v) is 8.02. The molecule has 106 valence electrons. The molecule has 20 heavy (non-hydrogen) atoms. The van der Waals surface area contributed by atoms with Crippen LogP contribution in [0.5, 0.6) is 0 Å². The first-order valence-corrected chi connectivity index (χ1v) is 8.90. The highest BCUT2D eigenvalue weighted by Crippen LogP contribution is 2.35. The van der Waals surface area contributed by atoms with Gasteiger partial charge < -0.3 is 0 Å². The van der Waals surface area contributed by atoms with Crippen LogP contribution in [-0.2, 0) is 10.0 Å². The maximum Gasteiger partial charge on any atom is 0.263 e. The molecule has 4 nitrogen and oxygen atoms in total. The quantitative estimate of drug-likeness (QED) is 0.721. The minimum atomic E-state index is -3.82. The molecule has 1 heterocycles. The maximum atomic E-state index is 12.2. The Balaban J connectivity index is 2.44. The Labute approximate surface area is 142 Å². The lowest BCUT2D eigenvalue weighted by Gasteiger charge is -2.11. The molecule has 0 spiro atoms. The third-order valence-electron chi connectivity index (χ3n) is 2.23. The number of benzene rings is 1. The molecule has 0 aliphatic heterocycles. The Morgan fingerprint density at radius 1 is 1.00 bits per heavy atom. The van der Waals surface area contributed by atoms with Gasteiger partial charge in [-0.3, -0.25) is 9.71 Å². The smallest absolute Gasteiger partial charge is 0.263 e. The minimum absolute atomic E-state index is 0.00178. The van der Waals surface area contributed by atoms with Crippen LogP contribution in [0.1, 0.15) is 0 Å². The van der Waals surface area contributed by atoms with Gasteiger partial charge in [-0.05, 0) is 34.1 Å². The average molecular weight is 461 g/mol. The molecule has 2 rings (SSSR count). The van der Waals surface area contributed by atoms with Crippen molar-refractivity contribution in [2.24, 2.45) is 0 Å². The van der Waals surface area contributed by atoms with E-state index in [4.69, 9.17) is 23.2 Å². The van der Waals surface area contributed by atoms with Crippen molar-refractivity contribution in [3.05, 3.63) is 49.6 Å². The molecule has 0 amide bonds. The zero-order chi connectivity index (χ0) is 14.9. The van der Waals surface area contributed by atoms with E-state index in [0.717, 1.165) is 0 Å². The van der Waals surface area contributed by atoms with Gasteiger partial charge in [0.25, 0.3) is 10.0 Å². The predicted molar refractivity (Wildman–Crippen MR) is 86.9 cm³/mol. The summed E-state index contributed by atoms with van der Waals surface area (Å²) in [5, 5.41) is 0.381. The predicted octanol–water partition coefficient (Wildman–Crippen LogP) is 4.71. The van der Waals surface area contributed by atoms with Crippen LogP contribution < -0.4 is 4.72 Å². The minimum Gasteiger partial charge on any atom is -0.277 e. The summed E-state index contributed by atoms with van der Waals surface area (Å²) in [7, 11) is -3.82. The largest absolute Gasteiger partial charge is 0.277 e. The molecule has 0 atom stereocenters. The molecule has 0 aliphatic carbocycles. The van der Waals surface area contributed by atoms with Crippen molar-refractivity contribution in [1.82, 2.24) is 4.98 Å². The van der Waals surface area contributed by atoms with E-state index in [0.29, 0.717) is 8.95 Å². The Morgan fingerprint density at radius 2 is 1.60 bits per heavy atom. The summed E-state index contributed by atoms with van der Waals surface area (Å²) in [5.41, 5.74) is 0.122. The Hall–Kier alpha value is -0.340. The number of nitrogens with zero attached hydrogens (tertiary/aromatic N) is 1. The Bertz CT molecular complexity index is 746. The third kappa shape index (κ3) is 3.65. The fourth-order valence-corrected chi connectivity index (χ4v) is 4.39. The van der Waals surface area contributed by atoms with Crippen molar-refractivity contribution in [3.63, 3.8) is 0 Å². The van der Waals surface area contributed by atoms with Gasteiger partial charge in [-0.15, -0.1) is 0 Å². The number of halogens is 4. The van der Waals surface area contributed by atoms with Crippen molar-refractivity contribution >= 4 is 70.8 Å². The SMILES string of the molecule is O=S(=O)(Nc1c(Cl)cc(Br)cc1Cl)c1cncc(Br)c1. The highest BCUT2D eigenvalue weighted by molar-refractivity contribution is 9.10. The van der Waals surface area contributed by atoms with Crippen LogP contribution in [0.3, 0.4) is 0 Å². The summed E-state index contributed by atoms with van der Waals surface area (Å²) in [6.45, 7) is 0. The zero-order valence-corrected chi connectivity index (χ0v) is 15.1. The molecule has 0 saturated carbocycles. The second-order valence-electron chi connectivity index (χ2n) is 3.69. The van der Waals surface area contributed by atoms with Crippen molar-refractivity contribution in [3.8, 4) is 0 Å². The molecule has 1 N–H and O–H groups in total. The van der Waals surface area contributed by atoms with Crippen molar-refractivity contribution in [2.45, 2.75) is 4.90 Å². The number of hydrogen-bond acceptors (Lipinski definition) is 3. The molecule has 9 heteroatoms. The number of rotatable bonds is 3. The van der Waals surface area contributed by atoms with Gasteiger partial charge in [-0.2, -0.15) is 0 Å². The van der Waals surface area contributed by atoms with Crippen LogP contribution in [0.25, 0.3) is 0 Å². The van der Waals surface area contributed by atoms with Crippen molar-refractivity contribution in [1.29, 1.82) is 0 Å². The topological polar surface area (TPSA) is 59.1 Å². The molecule has 0 unspecified atom stereocenters. The van der Waals surface area contributed by atoms with Crippen molar-refractivity contribution in [2.75, 3.05) is 4.72 Å². The fourth-order valence-electron chi connectivity index (χ4n) is 1.37. The number of pyridine rings is 1. The van der Waals surface area contributed by atoms with Crippen LogP contribution >= 0.6 is 55.1 Å². The molecule has 0 radical (unpaired) electrons. The van der Waals surface area contributed by atoms with E-state index in [2.05, 4.69) is 41.6 Å². The summed E-state index contributed by atoms with van der Waals surface area (Å²) in [5.74, 6) is 0. The molecule has 0 aliphatic rings. The summed E-state index contributed by atoms with van der Waals surface area (Å²) in [6.07, 6.45) is 2.71. The van der Waals surface area contributed by atoms with Gasteiger partial charge in [0.1, 0.15) is 4.90 Å². The number of aromatic nitrogens is 1. The van der Waals surface area contributed by atoms with Crippen LogP contribution in [0.2, 0.25) is 10.0 Å². The lowest BCUT2D eigenvalue weighted by atomic mass is 10.3. The highest BCUT2D eigenvalue weighted by Gasteiger charge is 2.19. The summed E-state index contributed by atoms with van der Waals surface area (Å²) in [4.78, 5) is 3.81. The van der Waals surface area contributed by atoms with E-state index in [9.17, 15) is 8.42 Å². The standard InChI is InChI=1S/C11H6Br2Cl2N2O2S/c12-6-2-9(14)11(10(15)3-6)17-20(18,19)8-1-7(13)4-16-5-8/h1-5,17H. The highest BCUT2D eigenvalue weighted by atomic mass is 79.9. The van der Waals surface area contributed by atoms with Crippen LogP contribution in [0.4, 0.5) is 5.69 Å². The monoisotopic (exact) mass is 458 g/mol. The lowest BCUT2D eigenvalue weighted by Crippen LogP contribution is -2.14.